The molecule has 0 spiro atoms. The first-order chi connectivity index (χ1) is 10.0. The molecule has 1 saturated heterocycles. The quantitative estimate of drug-likeness (QED) is 0.837. The van der Waals surface area contributed by atoms with Gasteiger partial charge in [-0.1, -0.05) is 13.8 Å². The van der Waals surface area contributed by atoms with Crippen molar-refractivity contribution in [2.45, 2.75) is 52.1 Å². The summed E-state index contributed by atoms with van der Waals surface area (Å²) in [6, 6.07) is 4.15. The van der Waals surface area contributed by atoms with Gasteiger partial charge in [0.05, 0.1) is 12.3 Å². The van der Waals surface area contributed by atoms with Crippen LogP contribution in [-0.4, -0.2) is 38.2 Å². The Morgan fingerprint density at radius 1 is 1.24 bits per heavy atom. The van der Waals surface area contributed by atoms with Crippen LogP contribution in [0, 0.1) is 0 Å². The Hall–Kier alpha value is -0.850. The summed E-state index contributed by atoms with van der Waals surface area (Å²) in [5.74, 6) is 2.24. The Labute approximate surface area is 127 Å². The Kier molecular flexibility index (Phi) is 5.84. The average Bonchev–Trinajstić information content (AvgIpc) is 2.88. The van der Waals surface area contributed by atoms with Crippen LogP contribution in [-0.2, 0) is 23.0 Å². The van der Waals surface area contributed by atoms with Crippen molar-refractivity contribution in [1.29, 1.82) is 0 Å². The fourth-order valence-electron chi connectivity index (χ4n) is 2.71. The molecule has 0 saturated carbocycles. The van der Waals surface area contributed by atoms with E-state index >= 15 is 0 Å². The van der Waals surface area contributed by atoms with E-state index in [1.165, 1.54) is 0 Å². The van der Waals surface area contributed by atoms with Crippen molar-refractivity contribution >= 4 is 10.0 Å². The third-order valence-electron chi connectivity index (χ3n) is 3.85. The van der Waals surface area contributed by atoms with Crippen LogP contribution < -0.4 is 4.72 Å². The molecule has 0 aliphatic carbocycles. The minimum atomic E-state index is -3.09. The first-order valence-corrected chi connectivity index (χ1v) is 9.47. The lowest BCUT2D eigenvalue weighted by molar-refractivity contribution is 0.186. The third-order valence-corrected chi connectivity index (χ3v) is 5.49. The minimum absolute atomic E-state index is 0.0839. The molecule has 5 nitrogen and oxygen atoms in total. The number of hydrogen-bond acceptors (Lipinski definition) is 4. The van der Waals surface area contributed by atoms with Gasteiger partial charge in [0.25, 0.3) is 0 Å². The third kappa shape index (κ3) is 5.13. The van der Waals surface area contributed by atoms with Crippen molar-refractivity contribution in [1.82, 2.24) is 9.62 Å². The minimum Gasteiger partial charge on any atom is -0.465 e. The van der Waals surface area contributed by atoms with E-state index in [1.54, 1.807) is 0 Å². The van der Waals surface area contributed by atoms with Gasteiger partial charge in [-0.25, -0.2) is 13.1 Å². The van der Waals surface area contributed by atoms with Crippen LogP contribution in [0.5, 0.6) is 0 Å². The van der Waals surface area contributed by atoms with E-state index in [9.17, 15) is 8.42 Å². The molecule has 0 radical (unpaired) electrons. The van der Waals surface area contributed by atoms with Crippen LogP contribution >= 0.6 is 0 Å². The molecule has 0 aromatic carbocycles. The number of aryl methyl sites for hydroxylation is 1. The van der Waals surface area contributed by atoms with Crippen LogP contribution in [0.3, 0.4) is 0 Å². The van der Waals surface area contributed by atoms with Crippen molar-refractivity contribution in [2.75, 3.05) is 18.8 Å². The van der Waals surface area contributed by atoms with Gasteiger partial charge in [-0.2, -0.15) is 0 Å². The SMILES string of the molecule is CCCS(=O)(=O)NC1CCN(Cc2ccc(CC)o2)CC1. The van der Waals surface area contributed by atoms with Crippen molar-refractivity contribution in [3.8, 4) is 0 Å². The molecule has 1 aliphatic heterocycles. The number of nitrogens with one attached hydrogen (secondary N) is 1. The number of hydrogen-bond donors (Lipinski definition) is 1. The summed E-state index contributed by atoms with van der Waals surface area (Å²) >= 11 is 0. The first kappa shape index (κ1) is 16.5. The van der Waals surface area contributed by atoms with Gasteiger partial charge in [-0.05, 0) is 31.4 Å². The zero-order chi connectivity index (χ0) is 15.3. The van der Waals surface area contributed by atoms with Crippen LogP contribution in [0.25, 0.3) is 0 Å². The largest absolute Gasteiger partial charge is 0.465 e. The molecule has 0 amide bonds. The fourth-order valence-corrected chi connectivity index (χ4v) is 4.11. The summed E-state index contributed by atoms with van der Waals surface area (Å²) in [4.78, 5) is 2.32. The molecular formula is C15H26N2O3S. The first-order valence-electron chi connectivity index (χ1n) is 7.82. The molecule has 1 aromatic heterocycles. The van der Waals surface area contributed by atoms with E-state index in [2.05, 4.69) is 16.5 Å². The topological polar surface area (TPSA) is 62.6 Å². The molecule has 1 N–H and O–H groups in total. The zero-order valence-corrected chi connectivity index (χ0v) is 13.8. The summed E-state index contributed by atoms with van der Waals surface area (Å²) in [6.45, 7) is 6.59. The lowest BCUT2D eigenvalue weighted by Crippen LogP contribution is -2.44. The lowest BCUT2D eigenvalue weighted by Gasteiger charge is -2.31. The Morgan fingerprint density at radius 2 is 1.90 bits per heavy atom. The molecule has 1 fully saturated rings. The van der Waals surface area contributed by atoms with E-state index in [0.29, 0.717) is 6.42 Å². The second kappa shape index (κ2) is 7.42. The molecule has 1 aromatic rings. The maximum absolute atomic E-state index is 11.8. The van der Waals surface area contributed by atoms with Crippen molar-refractivity contribution in [2.24, 2.45) is 0 Å². The van der Waals surface area contributed by atoms with Gasteiger partial charge in [-0.3, -0.25) is 4.90 Å². The molecule has 6 heteroatoms. The standard InChI is InChI=1S/C15H26N2O3S/c1-3-11-21(18,19)16-13-7-9-17(10-8-13)12-15-6-5-14(4-2)20-15/h5-6,13,16H,3-4,7-12H2,1-2H3. The van der Waals surface area contributed by atoms with E-state index in [1.807, 2.05) is 19.1 Å². The maximum Gasteiger partial charge on any atom is 0.211 e. The summed E-state index contributed by atoms with van der Waals surface area (Å²) < 4.78 is 32.1. The average molecular weight is 314 g/mol. The summed E-state index contributed by atoms with van der Waals surface area (Å²) in [5, 5.41) is 0. The number of sulfonamides is 1. The molecular weight excluding hydrogens is 288 g/mol. The van der Waals surface area contributed by atoms with Gasteiger partial charge in [0.2, 0.25) is 10.0 Å². The second-order valence-corrected chi connectivity index (χ2v) is 7.58. The van der Waals surface area contributed by atoms with Crippen molar-refractivity contribution < 1.29 is 12.8 Å². The summed E-state index contributed by atoms with van der Waals surface area (Å²) in [5.41, 5.74) is 0. The highest BCUT2D eigenvalue weighted by Gasteiger charge is 2.23. The molecule has 0 atom stereocenters. The number of piperidine rings is 1. The number of rotatable bonds is 7. The van der Waals surface area contributed by atoms with Gasteiger partial charge in [-0.15, -0.1) is 0 Å². The number of furan rings is 1. The molecule has 0 bridgehead atoms. The highest BCUT2D eigenvalue weighted by atomic mass is 32.2. The van der Waals surface area contributed by atoms with Gasteiger partial charge >= 0.3 is 0 Å². The fraction of sp³-hybridized carbons (Fsp3) is 0.733. The summed E-state index contributed by atoms with van der Waals surface area (Å²) in [7, 11) is -3.09. The highest BCUT2D eigenvalue weighted by Crippen LogP contribution is 2.16. The lowest BCUT2D eigenvalue weighted by atomic mass is 10.1. The van der Waals surface area contributed by atoms with E-state index in [0.717, 1.165) is 50.4 Å². The van der Waals surface area contributed by atoms with Crippen LogP contribution in [0.4, 0.5) is 0 Å². The predicted molar refractivity (Wildman–Crippen MR) is 83.6 cm³/mol. The van der Waals surface area contributed by atoms with Crippen molar-refractivity contribution in [3.05, 3.63) is 23.7 Å². The van der Waals surface area contributed by atoms with E-state index < -0.39 is 10.0 Å². The molecule has 120 valence electrons. The van der Waals surface area contributed by atoms with Gasteiger partial charge < -0.3 is 4.42 Å². The Morgan fingerprint density at radius 3 is 2.48 bits per heavy atom. The molecule has 21 heavy (non-hydrogen) atoms. The van der Waals surface area contributed by atoms with E-state index in [-0.39, 0.29) is 11.8 Å². The maximum atomic E-state index is 11.8. The van der Waals surface area contributed by atoms with Crippen LogP contribution in [0.15, 0.2) is 16.5 Å². The normalized spacial score (nSPS) is 18.2. The van der Waals surface area contributed by atoms with Crippen LogP contribution in [0.2, 0.25) is 0 Å². The molecule has 1 aliphatic rings. The highest BCUT2D eigenvalue weighted by molar-refractivity contribution is 7.89. The monoisotopic (exact) mass is 314 g/mol. The number of nitrogens with zero attached hydrogens (tertiary/aromatic N) is 1. The Balaban J connectivity index is 1.78. The summed E-state index contributed by atoms with van der Waals surface area (Å²) in [6.07, 6.45) is 3.31. The zero-order valence-electron chi connectivity index (χ0n) is 13.0. The predicted octanol–water partition coefficient (Wildman–Crippen LogP) is 2.14. The van der Waals surface area contributed by atoms with E-state index in [4.69, 9.17) is 4.42 Å². The molecule has 2 heterocycles. The smallest absolute Gasteiger partial charge is 0.211 e. The van der Waals surface area contributed by atoms with Gasteiger partial charge in [0, 0.05) is 25.6 Å². The number of likely N-dealkylation sites (tertiary alicyclic amines) is 1. The van der Waals surface area contributed by atoms with Crippen LogP contribution in [0.1, 0.15) is 44.6 Å². The molecule has 2 rings (SSSR count). The second-order valence-electron chi connectivity index (χ2n) is 5.71. The Bertz CT molecular complexity index is 531. The molecule has 0 unspecified atom stereocenters. The van der Waals surface area contributed by atoms with Gasteiger partial charge in [0.1, 0.15) is 11.5 Å². The van der Waals surface area contributed by atoms with Crippen molar-refractivity contribution in [3.63, 3.8) is 0 Å². The van der Waals surface area contributed by atoms with Gasteiger partial charge in [0.15, 0.2) is 0 Å².